The molecule has 9 nitrogen and oxygen atoms in total. The Hall–Kier alpha value is -2.59. The highest BCUT2D eigenvalue weighted by Crippen LogP contribution is 2.39. The number of ether oxygens (including phenoxy) is 3. The Balaban J connectivity index is 1.28. The molecule has 9 heteroatoms. The van der Waals surface area contributed by atoms with Crippen molar-refractivity contribution in [3.63, 3.8) is 0 Å². The first-order valence-electron chi connectivity index (χ1n) is 10.6. The molecular weight excluding hydrogens is 398 g/mol. The summed E-state index contributed by atoms with van der Waals surface area (Å²) in [5.74, 6) is 0.0402. The van der Waals surface area contributed by atoms with Gasteiger partial charge in [-0.25, -0.2) is 15.0 Å². The van der Waals surface area contributed by atoms with Crippen LogP contribution in [0.25, 0.3) is 11.2 Å². The van der Waals surface area contributed by atoms with Crippen molar-refractivity contribution in [3.05, 3.63) is 48.5 Å². The van der Waals surface area contributed by atoms with E-state index in [0.29, 0.717) is 25.3 Å². The minimum atomic E-state index is -0.668. The van der Waals surface area contributed by atoms with E-state index in [0.717, 1.165) is 11.2 Å². The lowest BCUT2D eigenvalue weighted by molar-refractivity contribution is -0.190. The average molecular weight is 425 g/mol. The van der Waals surface area contributed by atoms with Crippen molar-refractivity contribution in [1.29, 1.82) is 0 Å². The third-order valence-corrected chi connectivity index (χ3v) is 5.78. The molecule has 0 spiro atoms. The number of benzene rings is 1. The minimum Gasteiger partial charge on any atom is -0.394 e. The Morgan fingerprint density at radius 1 is 1.06 bits per heavy atom. The molecule has 0 unspecified atom stereocenters. The molecule has 31 heavy (non-hydrogen) atoms. The molecule has 3 aromatic rings. The average Bonchev–Trinajstić information content (AvgIpc) is 3.42. The quantitative estimate of drug-likeness (QED) is 0.593. The van der Waals surface area contributed by atoms with E-state index >= 15 is 0 Å². The molecule has 5 rings (SSSR count). The standard InChI is InChI=1S/C22H27N5O4/c1-22(2)30-18-15(29-16(11-28)19(18)31-22)8-9-27-13-26-17-20(24-12-25-21(17)27)23-10-14-6-4-3-5-7-14/h3-7,12-13,15-16,18-19,28H,8-11H2,1-2H3,(H,23,24,25)/t15-,16+,18-,19+/m0/s1. The van der Waals surface area contributed by atoms with Gasteiger partial charge in [-0.3, -0.25) is 0 Å². The van der Waals surface area contributed by atoms with Crippen molar-refractivity contribution in [3.8, 4) is 0 Å². The SMILES string of the molecule is CC1(C)O[C@@H]2[C@H](O1)[C@@H](CO)O[C@H]2CCn1cnc2c(NCc3ccccc3)ncnc21. The molecule has 2 fully saturated rings. The molecule has 0 radical (unpaired) electrons. The van der Waals surface area contributed by atoms with Crippen LogP contribution in [0.4, 0.5) is 5.82 Å². The lowest BCUT2D eigenvalue weighted by Gasteiger charge is -2.23. The van der Waals surface area contributed by atoms with Gasteiger partial charge in [0.05, 0.1) is 19.0 Å². The summed E-state index contributed by atoms with van der Waals surface area (Å²) in [7, 11) is 0. The van der Waals surface area contributed by atoms with Gasteiger partial charge < -0.3 is 29.2 Å². The van der Waals surface area contributed by atoms with Gasteiger partial charge in [0.2, 0.25) is 0 Å². The minimum absolute atomic E-state index is 0.0885. The number of nitrogens with one attached hydrogen (secondary N) is 1. The summed E-state index contributed by atoms with van der Waals surface area (Å²) in [6.45, 7) is 5.01. The van der Waals surface area contributed by atoms with E-state index in [1.54, 1.807) is 12.7 Å². The summed E-state index contributed by atoms with van der Waals surface area (Å²) >= 11 is 0. The summed E-state index contributed by atoms with van der Waals surface area (Å²) in [6.07, 6.45) is 3.04. The fourth-order valence-corrected chi connectivity index (χ4v) is 4.37. The van der Waals surface area contributed by atoms with E-state index in [1.165, 1.54) is 5.56 Å². The lowest BCUT2D eigenvalue weighted by Crippen LogP contribution is -2.31. The predicted octanol–water partition coefficient (Wildman–Crippen LogP) is 2.11. The molecule has 2 saturated heterocycles. The number of hydrogen-bond donors (Lipinski definition) is 2. The molecule has 4 atom stereocenters. The number of rotatable bonds is 7. The van der Waals surface area contributed by atoms with Gasteiger partial charge in [-0.2, -0.15) is 0 Å². The van der Waals surface area contributed by atoms with E-state index in [-0.39, 0.29) is 31.0 Å². The van der Waals surface area contributed by atoms with Crippen LogP contribution < -0.4 is 5.32 Å². The molecule has 1 aromatic carbocycles. The van der Waals surface area contributed by atoms with Crippen molar-refractivity contribution in [2.45, 2.75) is 63.6 Å². The van der Waals surface area contributed by atoms with E-state index in [2.05, 4.69) is 32.4 Å². The molecule has 2 aromatic heterocycles. The zero-order chi connectivity index (χ0) is 21.4. The van der Waals surface area contributed by atoms with Crippen molar-refractivity contribution in [2.24, 2.45) is 0 Å². The van der Waals surface area contributed by atoms with E-state index < -0.39 is 5.79 Å². The fourth-order valence-electron chi connectivity index (χ4n) is 4.37. The molecule has 2 aliphatic heterocycles. The maximum absolute atomic E-state index is 9.66. The summed E-state index contributed by atoms with van der Waals surface area (Å²) in [6, 6.07) is 10.1. The molecule has 2 aliphatic rings. The number of fused-ring (bicyclic) bond motifs is 2. The first-order chi connectivity index (χ1) is 15.0. The normalized spacial score (nSPS) is 26.9. The second kappa shape index (κ2) is 8.16. The van der Waals surface area contributed by atoms with Crippen molar-refractivity contribution in [2.75, 3.05) is 11.9 Å². The van der Waals surface area contributed by atoms with Gasteiger partial charge in [0.1, 0.15) is 30.2 Å². The highest BCUT2D eigenvalue weighted by Gasteiger charge is 2.54. The third-order valence-electron chi connectivity index (χ3n) is 5.78. The van der Waals surface area contributed by atoms with Crippen LogP contribution in [0.3, 0.4) is 0 Å². The number of aliphatic hydroxyl groups is 1. The van der Waals surface area contributed by atoms with Crippen molar-refractivity contribution in [1.82, 2.24) is 19.5 Å². The second-order valence-electron chi connectivity index (χ2n) is 8.42. The second-order valence-corrected chi connectivity index (χ2v) is 8.42. The third kappa shape index (κ3) is 4.01. The molecule has 164 valence electrons. The number of aromatic nitrogens is 4. The first kappa shape index (κ1) is 20.3. The van der Waals surface area contributed by atoms with Crippen LogP contribution >= 0.6 is 0 Å². The zero-order valence-corrected chi connectivity index (χ0v) is 17.6. The lowest BCUT2D eigenvalue weighted by atomic mass is 10.1. The van der Waals surface area contributed by atoms with E-state index in [9.17, 15) is 5.11 Å². The highest BCUT2D eigenvalue weighted by molar-refractivity contribution is 5.82. The summed E-state index contributed by atoms with van der Waals surface area (Å²) in [5, 5.41) is 13.0. The smallest absolute Gasteiger partial charge is 0.165 e. The summed E-state index contributed by atoms with van der Waals surface area (Å²) < 4.78 is 20.0. The summed E-state index contributed by atoms with van der Waals surface area (Å²) in [4.78, 5) is 13.3. The van der Waals surface area contributed by atoms with Gasteiger partial charge in [0, 0.05) is 13.1 Å². The molecule has 0 bridgehead atoms. The van der Waals surface area contributed by atoms with Crippen LogP contribution in [-0.2, 0) is 27.3 Å². The van der Waals surface area contributed by atoms with Crippen LogP contribution in [0, 0.1) is 0 Å². The topological polar surface area (TPSA) is 104 Å². The van der Waals surface area contributed by atoms with Crippen LogP contribution in [0.5, 0.6) is 0 Å². The Morgan fingerprint density at radius 3 is 2.61 bits per heavy atom. The number of hydrogen-bond acceptors (Lipinski definition) is 8. The molecule has 0 amide bonds. The zero-order valence-electron chi connectivity index (χ0n) is 17.6. The Labute approximate surface area is 180 Å². The fraction of sp³-hybridized carbons (Fsp3) is 0.500. The first-order valence-corrected chi connectivity index (χ1v) is 10.6. The number of aliphatic hydroxyl groups excluding tert-OH is 1. The predicted molar refractivity (Wildman–Crippen MR) is 113 cm³/mol. The Morgan fingerprint density at radius 2 is 1.84 bits per heavy atom. The largest absolute Gasteiger partial charge is 0.394 e. The number of anilines is 1. The molecule has 2 N–H and O–H groups in total. The van der Waals surface area contributed by atoms with Gasteiger partial charge in [-0.05, 0) is 25.8 Å². The maximum atomic E-state index is 9.66. The number of aryl methyl sites for hydroxylation is 1. The van der Waals surface area contributed by atoms with Gasteiger partial charge >= 0.3 is 0 Å². The van der Waals surface area contributed by atoms with E-state index in [1.807, 2.05) is 36.6 Å². The molecule has 4 heterocycles. The van der Waals surface area contributed by atoms with Crippen LogP contribution in [-0.4, -0.2) is 61.4 Å². The van der Waals surface area contributed by atoms with Crippen LogP contribution in [0.15, 0.2) is 43.0 Å². The van der Waals surface area contributed by atoms with Gasteiger partial charge in [0.25, 0.3) is 0 Å². The van der Waals surface area contributed by atoms with Crippen molar-refractivity contribution < 1.29 is 19.3 Å². The molecule has 0 aliphatic carbocycles. The van der Waals surface area contributed by atoms with Crippen LogP contribution in [0.2, 0.25) is 0 Å². The number of imidazole rings is 1. The van der Waals surface area contributed by atoms with Crippen molar-refractivity contribution >= 4 is 17.0 Å². The molecular formula is C22H27N5O4. The highest BCUT2D eigenvalue weighted by atomic mass is 16.8. The van der Waals surface area contributed by atoms with E-state index in [4.69, 9.17) is 14.2 Å². The molecule has 0 saturated carbocycles. The Kier molecular flexibility index (Phi) is 5.35. The van der Waals surface area contributed by atoms with Gasteiger partial charge in [-0.15, -0.1) is 0 Å². The summed E-state index contributed by atoms with van der Waals surface area (Å²) in [5.41, 5.74) is 2.67. The maximum Gasteiger partial charge on any atom is 0.165 e. The van der Waals surface area contributed by atoms with Gasteiger partial charge in [-0.1, -0.05) is 30.3 Å². The monoisotopic (exact) mass is 425 g/mol. The van der Waals surface area contributed by atoms with Crippen LogP contribution in [0.1, 0.15) is 25.8 Å². The number of nitrogens with zero attached hydrogens (tertiary/aromatic N) is 4. The Bertz CT molecular complexity index is 1040. The van der Waals surface area contributed by atoms with Gasteiger partial charge in [0.15, 0.2) is 17.3 Å².